The van der Waals surface area contributed by atoms with Gasteiger partial charge in [0.05, 0.1) is 12.0 Å². The Balaban J connectivity index is 1.45. The van der Waals surface area contributed by atoms with E-state index in [0.717, 1.165) is 11.1 Å². The van der Waals surface area contributed by atoms with Gasteiger partial charge in [0.25, 0.3) is 0 Å². The van der Waals surface area contributed by atoms with Crippen LogP contribution in [0.2, 0.25) is 0 Å². The lowest BCUT2D eigenvalue weighted by Crippen LogP contribution is -2.74. The Labute approximate surface area is 307 Å². The van der Waals surface area contributed by atoms with Crippen molar-refractivity contribution in [2.24, 2.45) is 11.3 Å². The Bertz CT molecular complexity index is 1770. The number of carbonyl (C=O) groups excluding carboxylic acids is 3. The van der Waals surface area contributed by atoms with Crippen molar-refractivity contribution in [1.29, 1.82) is 0 Å². The maximum atomic E-state index is 14.8. The molecule has 0 spiro atoms. The summed E-state index contributed by atoms with van der Waals surface area (Å²) in [5.74, 6) is -4.99. The Morgan fingerprint density at radius 2 is 1.04 bits per heavy atom. The molecule has 53 heavy (non-hydrogen) atoms. The highest BCUT2D eigenvalue weighted by Gasteiger charge is 2.68. The summed E-state index contributed by atoms with van der Waals surface area (Å²) in [5.41, 5.74) is -0.637. The molecular weight excluding hydrogens is 678 g/mol. The van der Waals surface area contributed by atoms with Crippen LogP contribution in [0.1, 0.15) is 44.2 Å². The van der Waals surface area contributed by atoms with E-state index in [-0.39, 0.29) is 26.2 Å². The Kier molecular flexibility index (Phi) is 12.5. The monoisotopic (exact) mass is 721 g/mol. The number of benzene rings is 4. The van der Waals surface area contributed by atoms with Gasteiger partial charge in [-0.2, -0.15) is 0 Å². The second-order valence-electron chi connectivity index (χ2n) is 12.9. The van der Waals surface area contributed by atoms with Crippen LogP contribution in [-0.2, 0) is 37.1 Å². The van der Waals surface area contributed by atoms with Crippen molar-refractivity contribution in [2.45, 2.75) is 52.2 Å². The van der Waals surface area contributed by atoms with Gasteiger partial charge in [0, 0.05) is 26.2 Å². The molecule has 1 fully saturated rings. The number of nitrogens with one attached hydrogen (secondary N) is 1. The third-order valence-electron chi connectivity index (χ3n) is 9.15. The third kappa shape index (κ3) is 9.01. The lowest BCUT2D eigenvalue weighted by atomic mass is 9.55. The van der Waals surface area contributed by atoms with E-state index in [1.165, 1.54) is 9.80 Å². The quantitative estimate of drug-likeness (QED) is 0.0916. The molecular formula is C41H43N3O9. The topological polar surface area (TPSA) is 163 Å². The zero-order chi connectivity index (χ0) is 38.0. The molecule has 12 nitrogen and oxygen atoms in total. The number of carbonyl (C=O) groups is 5. The first-order valence-corrected chi connectivity index (χ1v) is 17.5. The second-order valence-corrected chi connectivity index (χ2v) is 12.9. The number of aliphatic carboxylic acids is 2. The molecule has 0 heterocycles. The lowest BCUT2D eigenvalue weighted by Gasteiger charge is -2.53. The summed E-state index contributed by atoms with van der Waals surface area (Å²) in [6, 6.07) is 31.1. The summed E-state index contributed by atoms with van der Waals surface area (Å²) in [4.78, 5) is 69.3. The van der Waals surface area contributed by atoms with E-state index >= 15 is 0 Å². The van der Waals surface area contributed by atoms with E-state index in [1.54, 1.807) is 48.5 Å². The van der Waals surface area contributed by atoms with Crippen molar-refractivity contribution in [3.8, 4) is 23.0 Å². The SMILES string of the molecule is CCCN(Cc1ccc(Oc2ccccc2)cc1)C(=O)C1(C(=O)N(CCC)Cc2ccc(Oc3ccccc3)cc2)CC(C(=O)O)C1NC(=O)C(=O)O. The predicted octanol–water partition coefficient (Wildman–Crippen LogP) is 6.11. The fourth-order valence-corrected chi connectivity index (χ4v) is 6.59. The predicted molar refractivity (Wildman–Crippen MR) is 195 cm³/mol. The fraction of sp³-hybridized carbons (Fsp3) is 0.293. The largest absolute Gasteiger partial charge is 0.481 e. The van der Waals surface area contributed by atoms with Gasteiger partial charge in [-0.3, -0.25) is 19.2 Å². The van der Waals surface area contributed by atoms with Crippen LogP contribution in [-0.4, -0.2) is 68.8 Å². The first-order chi connectivity index (χ1) is 25.5. The number of rotatable bonds is 16. The molecule has 2 unspecified atom stereocenters. The Morgan fingerprint density at radius 1 is 0.642 bits per heavy atom. The summed E-state index contributed by atoms with van der Waals surface area (Å²) in [7, 11) is 0. The van der Waals surface area contributed by atoms with Gasteiger partial charge >= 0.3 is 17.8 Å². The van der Waals surface area contributed by atoms with Gasteiger partial charge in [-0.15, -0.1) is 0 Å². The normalized spacial score (nSPS) is 15.7. The molecule has 0 aromatic heterocycles. The fourth-order valence-electron chi connectivity index (χ4n) is 6.59. The van der Waals surface area contributed by atoms with Crippen LogP contribution in [0.4, 0.5) is 0 Å². The van der Waals surface area contributed by atoms with Crippen LogP contribution < -0.4 is 14.8 Å². The van der Waals surface area contributed by atoms with Gasteiger partial charge < -0.3 is 34.8 Å². The number of carboxylic acids is 2. The molecule has 276 valence electrons. The third-order valence-corrected chi connectivity index (χ3v) is 9.15. The molecule has 4 aromatic carbocycles. The number of hydrogen-bond acceptors (Lipinski definition) is 7. The molecule has 1 aliphatic rings. The molecule has 0 bridgehead atoms. The van der Waals surface area contributed by atoms with Crippen molar-refractivity contribution in [3.05, 3.63) is 120 Å². The summed E-state index contributed by atoms with van der Waals surface area (Å²) in [6.07, 6.45) is 0.601. The highest BCUT2D eigenvalue weighted by Crippen LogP contribution is 2.49. The van der Waals surface area contributed by atoms with Crippen LogP contribution >= 0.6 is 0 Å². The van der Waals surface area contributed by atoms with Gasteiger partial charge in [0.15, 0.2) is 0 Å². The molecule has 5 rings (SSSR count). The number of ether oxygens (including phenoxy) is 2. The van der Waals surface area contributed by atoms with Crippen molar-refractivity contribution >= 4 is 29.7 Å². The zero-order valence-electron chi connectivity index (χ0n) is 29.6. The number of hydrogen-bond donors (Lipinski definition) is 3. The molecule has 3 amide bonds. The zero-order valence-corrected chi connectivity index (χ0v) is 29.6. The Morgan fingerprint density at radius 3 is 1.40 bits per heavy atom. The van der Waals surface area contributed by atoms with E-state index in [1.807, 2.05) is 74.5 Å². The van der Waals surface area contributed by atoms with Crippen molar-refractivity contribution in [2.75, 3.05) is 13.1 Å². The standard InChI is InChI=1S/C41H43N3O9/c1-3-23-43(26-28-15-19-32(20-16-28)52-30-11-7-5-8-12-30)39(50)41(25-34(37(46)47)35(41)42-36(45)38(48)49)40(51)44(24-4-2)27-29-17-21-33(22-18-29)53-31-13-9-6-10-14-31/h5-22,34-35H,3-4,23-27H2,1-2H3,(H,42,45)(H,46,47)(H,48,49). The second kappa shape index (κ2) is 17.4. The number of nitrogens with zero attached hydrogens (tertiary/aromatic N) is 2. The first-order valence-electron chi connectivity index (χ1n) is 17.5. The average molecular weight is 722 g/mol. The molecule has 3 N–H and O–H groups in total. The van der Waals surface area contributed by atoms with Gasteiger partial charge in [0.1, 0.15) is 28.4 Å². The van der Waals surface area contributed by atoms with E-state index < -0.39 is 53.5 Å². The molecule has 0 radical (unpaired) electrons. The van der Waals surface area contributed by atoms with Crippen LogP contribution in [0.3, 0.4) is 0 Å². The van der Waals surface area contributed by atoms with E-state index in [9.17, 15) is 34.2 Å². The minimum Gasteiger partial charge on any atom is -0.481 e. The minimum absolute atomic E-state index is 0.0707. The number of carboxylic acid groups (broad SMARTS) is 2. The Hall–Kier alpha value is -6.17. The summed E-state index contributed by atoms with van der Waals surface area (Å²) in [6.45, 7) is 4.30. The number of amides is 3. The molecule has 1 aliphatic carbocycles. The smallest absolute Gasteiger partial charge is 0.394 e. The highest BCUT2D eigenvalue weighted by atomic mass is 16.5. The molecule has 2 atom stereocenters. The molecule has 4 aromatic rings. The lowest BCUT2D eigenvalue weighted by molar-refractivity contribution is -0.180. The highest BCUT2D eigenvalue weighted by molar-refractivity contribution is 6.32. The summed E-state index contributed by atoms with van der Waals surface area (Å²) >= 11 is 0. The molecule has 0 saturated heterocycles. The van der Waals surface area contributed by atoms with Gasteiger partial charge in [-0.1, -0.05) is 74.5 Å². The maximum Gasteiger partial charge on any atom is 0.394 e. The summed E-state index contributed by atoms with van der Waals surface area (Å²) in [5, 5.41) is 21.8. The van der Waals surface area contributed by atoms with Crippen LogP contribution in [0.25, 0.3) is 0 Å². The van der Waals surface area contributed by atoms with Gasteiger partial charge in [0.2, 0.25) is 11.8 Å². The van der Waals surface area contributed by atoms with E-state index in [0.29, 0.717) is 35.8 Å². The minimum atomic E-state index is -2.08. The van der Waals surface area contributed by atoms with E-state index in [4.69, 9.17) is 9.47 Å². The van der Waals surface area contributed by atoms with Gasteiger partial charge in [-0.05, 0) is 78.9 Å². The van der Waals surface area contributed by atoms with Crippen LogP contribution in [0.5, 0.6) is 23.0 Å². The molecule has 1 saturated carbocycles. The number of para-hydroxylation sites is 2. The molecule has 0 aliphatic heterocycles. The van der Waals surface area contributed by atoms with Crippen molar-refractivity contribution in [3.63, 3.8) is 0 Å². The van der Waals surface area contributed by atoms with Gasteiger partial charge in [-0.25, -0.2) is 4.79 Å². The van der Waals surface area contributed by atoms with Crippen molar-refractivity contribution in [1.82, 2.24) is 15.1 Å². The molecule has 12 heteroatoms. The van der Waals surface area contributed by atoms with E-state index in [2.05, 4.69) is 5.32 Å². The summed E-state index contributed by atoms with van der Waals surface area (Å²) < 4.78 is 11.8. The maximum absolute atomic E-state index is 14.8. The van der Waals surface area contributed by atoms with Crippen LogP contribution in [0, 0.1) is 11.3 Å². The first kappa shape index (κ1) is 38.1. The average Bonchev–Trinajstić information content (AvgIpc) is 3.15. The van der Waals surface area contributed by atoms with Crippen LogP contribution in [0.15, 0.2) is 109 Å². The van der Waals surface area contributed by atoms with Crippen molar-refractivity contribution < 1.29 is 43.7 Å².